The van der Waals surface area contributed by atoms with Gasteiger partial charge in [-0.3, -0.25) is 10.1 Å². The van der Waals surface area contributed by atoms with Crippen LogP contribution in [0.15, 0.2) is 4.52 Å². The predicted molar refractivity (Wildman–Crippen MR) is 61.7 cm³/mol. The van der Waals surface area contributed by atoms with E-state index in [4.69, 9.17) is 9.26 Å². The minimum Gasteiger partial charge on any atom is -0.444 e. The molecule has 0 aliphatic rings. The molecule has 0 aromatic carbocycles. The van der Waals surface area contributed by atoms with Crippen LogP contribution in [-0.4, -0.2) is 27.7 Å². The monoisotopic (exact) mass is 255 g/mol. The van der Waals surface area contributed by atoms with Crippen molar-refractivity contribution in [2.75, 3.05) is 0 Å². The van der Waals surface area contributed by atoms with Gasteiger partial charge in [0.15, 0.2) is 5.82 Å². The summed E-state index contributed by atoms with van der Waals surface area (Å²) >= 11 is 0. The standard InChI is InChI=1S/C11H17N3O4/c1-7-12-8(14-18-7)5-6-9(15)13-10(16)17-11(2,3)4/h5-6H2,1-4H3,(H,13,15,16). The van der Waals surface area contributed by atoms with Crippen LogP contribution in [0.1, 0.15) is 38.9 Å². The van der Waals surface area contributed by atoms with Crippen molar-refractivity contribution in [3.63, 3.8) is 0 Å². The van der Waals surface area contributed by atoms with Crippen LogP contribution >= 0.6 is 0 Å². The highest BCUT2D eigenvalue weighted by Crippen LogP contribution is 2.06. The van der Waals surface area contributed by atoms with E-state index in [-0.39, 0.29) is 6.42 Å². The second kappa shape index (κ2) is 5.61. The summed E-state index contributed by atoms with van der Waals surface area (Å²) in [5.41, 5.74) is -0.630. The molecule has 0 saturated heterocycles. The second-order valence-corrected chi connectivity index (χ2v) is 4.78. The highest BCUT2D eigenvalue weighted by Gasteiger charge is 2.18. The number of nitrogens with one attached hydrogen (secondary N) is 1. The third kappa shape index (κ3) is 5.42. The maximum absolute atomic E-state index is 11.4. The zero-order valence-electron chi connectivity index (χ0n) is 10.9. The van der Waals surface area contributed by atoms with Crippen molar-refractivity contribution in [2.24, 2.45) is 0 Å². The summed E-state index contributed by atoms with van der Waals surface area (Å²) in [6.45, 7) is 6.83. The van der Waals surface area contributed by atoms with Crippen molar-refractivity contribution < 1.29 is 18.8 Å². The molecule has 1 rings (SSSR count). The zero-order chi connectivity index (χ0) is 13.8. The van der Waals surface area contributed by atoms with Crippen LogP contribution in [0.25, 0.3) is 0 Å². The molecule has 18 heavy (non-hydrogen) atoms. The summed E-state index contributed by atoms with van der Waals surface area (Å²) in [4.78, 5) is 26.6. The molecular formula is C11H17N3O4. The highest BCUT2D eigenvalue weighted by molar-refractivity contribution is 5.91. The van der Waals surface area contributed by atoms with Gasteiger partial charge in [0.1, 0.15) is 5.60 Å². The van der Waals surface area contributed by atoms with Crippen LogP contribution in [0.3, 0.4) is 0 Å². The van der Waals surface area contributed by atoms with E-state index in [1.165, 1.54) is 0 Å². The minimum absolute atomic E-state index is 0.0955. The van der Waals surface area contributed by atoms with Gasteiger partial charge in [0, 0.05) is 19.8 Å². The van der Waals surface area contributed by atoms with Crippen molar-refractivity contribution in [3.05, 3.63) is 11.7 Å². The lowest BCUT2D eigenvalue weighted by molar-refractivity contribution is -0.120. The Balaban J connectivity index is 2.32. The molecule has 0 bridgehead atoms. The molecule has 0 aliphatic carbocycles. The molecule has 7 nitrogen and oxygen atoms in total. The van der Waals surface area contributed by atoms with Crippen LogP contribution in [0.2, 0.25) is 0 Å². The maximum Gasteiger partial charge on any atom is 0.414 e. The Morgan fingerprint density at radius 2 is 2.06 bits per heavy atom. The van der Waals surface area contributed by atoms with Gasteiger partial charge in [-0.25, -0.2) is 4.79 Å². The average molecular weight is 255 g/mol. The van der Waals surface area contributed by atoms with Gasteiger partial charge in [-0.05, 0) is 20.8 Å². The molecule has 0 fully saturated rings. The quantitative estimate of drug-likeness (QED) is 0.876. The SMILES string of the molecule is Cc1nc(CCC(=O)NC(=O)OC(C)(C)C)no1. The van der Waals surface area contributed by atoms with Gasteiger partial charge < -0.3 is 9.26 Å². The van der Waals surface area contributed by atoms with E-state index < -0.39 is 17.6 Å². The summed E-state index contributed by atoms with van der Waals surface area (Å²) in [6.07, 6.45) is -0.346. The normalized spacial score (nSPS) is 11.1. The summed E-state index contributed by atoms with van der Waals surface area (Å²) in [5, 5.41) is 5.77. The van der Waals surface area contributed by atoms with Crippen LogP contribution < -0.4 is 5.32 Å². The molecule has 0 spiro atoms. The Kier molecular flexibility index (Phi) is 4.41. The number of aryl methyl sites for hydroxylation is 2. The van der Waals surface area contributed by atoms with E-state index in [1.54, 1.807) is 27.7 Å². The van der Waals surface area contributed by atoms with Crippen molar-refractivity contribution in [3.8, 4) is 0 Å². The van der Waals surface area contributed by atoms with Crippen LogP contribution in [0, 0.1) is 6.92 Å². The summed E-state index contributed by atoms with van der Waals surface area (Å²) in [6, 6.07) is 0. The molecule has 0 aliphatic heterocycles. The van der Waals surface area contributed by atoms with Gasteiger partial charge in [-0.2, -0.15) is 4.98 Å². The topological polar surface area (TPSA) is 94.3 Å². The Morgan fingerprint density at radius 1 is 1.39 bits per heavy atom. The zero-order valence-corrected chi connectivity index (χ0v) is 10.9. The van der Waals surface area contributed by atoms with Crippen LogP contribution in [0.4, 0.5) is 4.79 Å². The minimum atomic E-state index is -0.753. The summed E-state index contributed by atoms with van der Waals surface area (Å²) in [7, 11) is 0. The van der Waals surface area contributed by atoms with E-state index in [0.29, 0.717) is 18.1 Å². The average Bonchev–Trinajstić information content (AvgIpc) is 2.58. The second-order valence-electron chi connectivity index (χ2n) is 4.78. The van der Waals surface area contributed by atoms with Gasteiger partial charge in [-0.1, -0.05) is 5.16 Å². The molecule has 1 aromatic heterocycles. The molecule has 1 heterocycles. The third-order valence-electron chi connectivity index (χ3n) is 1.79. The van der Waals surface area contributed by atoms with Crippen molar-refractivity contribution >= 4 is 12.0 Å². The van der Waals surface area contributed by atoms with Crippen molar-refractivity contribution in [1.82, 2.24) is 15.5 Å². The number of nitrogens with zero attached hydrogens (tertiary/aromatic N) is 2. The Hall–Kier alpha value is -1.92. The first-order chi connectivity index (χ1) is 8.26. The highest BCUT2D eigenvalue weighted by atomic mass is 16.6. The number of hydrogen-bond donors (Lipinski definition) is 1. The molecular weight excluding hydrogens is 238 g/mol. The van der Waals surface area contributed by atoms with Gasteiger partial charge in [0.2, 0.25) is 11.8 Å². The van der Waals surface area contributed by atoms with Crippen molar-refractivity contribution in [1.29, 1.82) is 0 Å². The molecule has 2 amide bonds. The van der Waals surface area contributed by atoms with Crippen LogP contribution in [0.5, 0.6) is 0 Å². The summed E-state index contributed by atoms with van der Waals surface area (Å²) in [5.74, 6) is 0.441. The van der Waals surface area contributed by atoms with Crippen LogP contribution in [-0.2, 0) is 16.0 Å². The molecule has 1 aromatic rings. The fourth-order valence-electron chi connectivity index (χ4n) is 1.15. The fourth-order valence-corrected chi connectivity index (χ4v) is 1.15. The molecule has 1 N–H and O–H groups in total. The number of aromatic nitrogens is 2. The van der Waals surface area contributed by atoms with Gasteiger partial charge in [0.05, 0.1) is 0 Å². The fraction of sp³-hybridized carbons (Fsp3) is 0.636. The number of rotatable bonds is 3. The lowest BCUT2D eigenvalue weighted by atomic mass is 10.2. The lowest BCUT2D eigenvalue weighted by Crippen LogP contribution is -2.36. The van der Waals surface area contributed by atoms with Gasteiger partial charge in [-0.15, -0.1) is 0 Å². The maximum atomic E-state index is 11.4. The molecule has 0 saturated carbocycles. The first kappa shape index (κ1) is 14.1. The number of amides is 2. The first-order valence-electron chi connectivity index (χ1n) is 5.58. The number of carbonyl (C=O) groups is 2. The summed E-state index contributed by atoms with van der Waals surface area (Å²) < 4.78 is 9.70. The van der Waals surface area contributed by atoms with Gasteiger partial charge in [0.25, 0.3) is 0 Å². The van der Waals surface area contributed by atoms with E-state index in [2.05, 4.69) is 15.5 Å². The number of hydrogen-bond acceptors (Lipinski definition) is 6. The molecule has 0 unspecified atom stereocenters. The van der Waals surface area contributed by atoms with Gasteiger partial charge >= 0.3 is 6.09 Å². The molecule has 7 heteroatoms. The lowest BCUT2D eigenvalue weighted by Gasteiger charge is -2.19. The number of ether oxygens (including phenoxy) is 1. The predicted octanol–water partition coefficient (Wildman–Crippen LogP) is 1.36. The van der Waals surface area contributed by atoms with E-state index >= 15 is 0 Å². The Labute approximate surface area is 105 Å². The Morgan fingerprint density at radius 3 is 2.56 bits per heavy atom. The van der Waals surface area contributed by atoms with E-state index in [0.717, 1.165) is 0 Å². The van der Waals surface area contributed by atoms with E-state index in [9.17, 15) is 9.59 Å². The number of carbonyl (C=O) groups excluding carboxylic acids is 2. The molecule has 0 atom stereocenters. The first-order valence-corrected chi connectivity index (χ1v) is 5.58. The molecule has 100 valence electrons. The smallest absolute Gasteiger partial charge is 0.414 e. The number of imide groups is 1. The van der Waals surface area contributed by atoms with E-state index in [1.807, 2.05) is 0 Å². The Bertz CT molecular complexity index is 434. The largest absolute Gasteiger partial charge is 0.444 e. The number of alkyl carbamates (subject to hydrolysis) is 1. The molecule has 0 radical (unpaired) electrons. The van der Waals surface area contributed by atoms with Crippen molar-refractivity contribution in [2.45, 2.75) is 46.1 Å². The third-order valence-corrected chi connectivity index (χ3v) is 1.79.